The van der Waals surface area contributed by atoms with Gasteiger partial charge >= 0.3 is 6.03 Å². The summed E-state index contributed by atoms with van der Waals surface area (Å²) in [6.07, 6.45) is 1.61. The predicted octanol–water partition coefficient (Wildman–Crippen LogP) is 2.66. The first kappa shape index (κ1) is 20.1. The predicted molar refractivity (Wildman–Crippen MR) is 102 cm³/mol. The Morgan fingerprint density at radius 1 is 1.27 bits per heavy atom. The summed E-state index contributed by atoms with van der Waals surface area (Å²) in [5, 5.41) is 3.06. The number of likely N-dealkylation sites (N-methyl/N-ethyl adjacent to an activating group) is 1. The topological polar surface area (TPSA) is 61.9 Å². The maximum absolute atomic E-state index is 12.3. The number of hydrogen-bond acceptors (Lipinski definition) is 3. The van der Waals surface area contributed by atoms with E-state index >= 15 is 0 Å². The highest BCUT2D eigenvalue weighted by atomic mass is 16.5. The number of hydrogen-bond donors (Lipinski definition) is 1. The van der Waals surface area contributed by atoms with E-state index in [-0.39, 0.29) is 23.9 Å². The lowest BCUT2D eigenvalue weighted by atomic mass is 10.0. The average Bonchev–Trinajstić information content (AvgIpc) is 2.63. The quantitative estimate of drug-likeness (QED) is 0.847. The third kappa shape index (κ3) is 5.64. The van der Waals surface area contributed by atoms with Crippen LogP contribution >= 0.6 is 0 Å². The molecule has 0 bridgehead atoms. The van der Waals surface area contributed by atoms with Crippen LogP contribution < -0.4 is 10.1 Å². The van der Waals surface area contributed by atoms with E-state index in [0.29, 0.717) is 26.2 Å². The van der Waals surface area contributed by atoms with Gasteiger partial charge in [-0.05, 0) is 31.4 Å². The third-order valence-electron chi connectivity index (χ3n) is 4.75. The van der Waals surface area contributed by atoms with Gasteiger partial charge in [-0.3, -0.25) is 4.79 Å². The second kappa shape index (κ2) is 9.46. The number of para-hydroxylation sites is 1. The van der Waals surface area contributed by atoms with E-state index in [4.69, 9.17) is 4.74 Å². The number of carbonyl (C=O) groups excluding carboxylic acids is 2. The second-order valence-electron chi connectivity index (χ2n) is 7.24. The highest BCUT2D eigenvalue weighted by molar-refractivity contribution is 5.78. The van der Waals surface area contributed by atoms with Crippen LogP contribution in [0, 0.1) is 12.8 Å². The molecule has 1 aromatic rings. The Labute approximate surface area is 156 Å². The molecule has 0 aliphatic carbocycles. The van der Waals surface area contributed by atoms with Crippen LogP contribution in [0.2, 0.25) is 0 Å². The van der Waals surface area contributed by atoms with Gasteiger partial charge in [0.15, 0.2) is 0 Å². The first-order valence-corrected chi connectivity index (χ1v) is 9.37. The molecule has 0 saturated carbocycles. The summed E-state index contributed by atoms with van der Waals surface area (Å²) in [6, 6.07) is 7.88. The molecular formula is C20H31N3O3. The Bertz CT molecular complexity index is 610. The highest BCUT2D eigenvalue weighted by Gasteiger charge is 2.25. The number of carbonyl (C=O) groups is 2. The Morgan fingerprint density at radius 3 is 2.54 bits per heavy atom. The number of urea groups is 1. The first-order chi connectivity index (χ1) is 12.4. The zero-order valence-electron chi connectivity index (χ0n) is 16.3. The number of aryl methyl sites for hydroxylation is 1. The number of nitrogens with zero attached hydrogens (tertiary/aromatic N) is 2. The van der Waals surface area contributed by atoms with Crippen molar-refractivity contribution in [1.82, 2.24) is 15.1 Å². The number of piperidine rings is 1. The van der Waals surface area contributed by atoms with Crippen molar-refractivity contribution in [3.63, 3.8) is 0 Å². The molecule has 0 radical (unpaired) electrons. The van der Waals surface area contributed by atoms with Gasteiger partial charge < -0.3 is 19.9 Å². The van der Waals surface area contributed by atoms with Gasteiger partial charge in [-0.1, -0.05) is 32.0 Å². The monoisotopic (exact) mass is 361 g/mol. The first-order valence-electron chi connectivity index (χ1n) is 9.37. The van der Waals surface area contributed by atoms with E-state index in [1.807, 2.05) is 49.9 Å². The normalized spacial score (nSPS) is 15.0. The molecule has 1 fully saturated rings. The Kier molecular flexibility index (Phi) is 7.30. The lowest BCUT2D eigenvalue weighted by Crippen LogP contribution is -2.50. The van der Waals surface area contributed by atoms with Crippen molar-refractivity contribution < 1.29 is 14.3 Å². The molecule has 0 atom stereocenters. The van der Waals surface area contributed by atoms with Crippen molar-refractivity contribution in [3.8, 4) is 5.75 Å². The SMILES string of the molecule is Cc1ccccc1OCCN(C)C(=O)NC1CCN(C(=O)C(C)C)CC1. The van der Waals surface area contributed by atoms with Crippen LogP contribution in [-0.2, 0) is 4.79 Å². The number of nitrogens with one attached hydrogen (secondary N) is 1. The van der Waals surface area contributed by atoms with Crippen molar-refractivity contribution in [2.75, 3.05) is 33.3 Å². The van der Waals surface area contributed by atoms with E-state index in [1.165, 1.54) is 0 Å². The standard InChI is InChI=1S/C20H31N3O3/c1-15(2)19(24)23-11-9-17(10-12-23)21-20(25)22(4)13-14-26-18-8-6-5-7-16(18)3/h5-8,15,17H,9-14H2,1-4H3,(H,21,25). The summed E-state index contributed by atoms with van der Waals surface area (Å²) in [4.78, 5) is 27.9. The molecule has 2 rings (SSSR count). The van der Waals surface area contributed by atoms with E-state index in [1.54, 1.807) is 11.9 Å². The molecule has 6 heteroatoms. The lowest BCUT2D eigenvalue weighted by Gasteiger charge is -2.34. The zero-order valence-corrected chi connectivity index (χ0v) is 16.3. The fourth-order valence-corrected chi connectivity index (χ4v) is 3.01. The molecule has 0 spiro atoms. The molecule has 144 valence electrons. The maximum Gasteiger partial charge on any atom is 0.317 e. The minimum Gasteiger partial charge on any atom is -0.491 e. The van der Waals surface area contributed by atoms with Crippen LogP contribution in [0.4, 0.5) is 4.79 Å². The van der Waals surface area contributed by atoms with Crippen LogP contribution in [-0.4, -0.2) is 61.1 Å². The summed E-state index contributed by atoms with van der Waals surface area (Å²) in [6.45, 7) is 8.24. The molecule has 1 heterocycles. The molecular weight excluding hydrogens is 330 g/mol. The van der Waals surface area contributed by atoms with Gasteiger partial charge in [0.05, 0.1) is 6.54 Å². The van der Waals surface area contributed by atoms with Crippen LogP contribution in [0.25, 0.3) is 0 Å². The van der Waals surface area contributed by atoms with Gasteiger partial charge in [-0.2, -0.15) is 0 Å². The fourth-order valence-electron chi connectivity index (χ4n) is 3.01. The largest absolute Gasteiger partial charge is 0.491 e. The average molecular weight is 361 g/mol. The van der Waals surface area contributed by atoms with Crippen LogP contribution in [0.3, 0.4) is 0 Å². The molecule has 3 amide bonds. The van der Waals surface area contributed by atoms with E-state index in [0.717, 1.165) is 24.2 Å². The van der Waals surface area contributed by atoms with Crippen molar-refractivity contribution >= 4 is 11.9 Å². The van der Waals surface area contributed by atoms with Crippen molar-refractivity contribution in [2.24, 2.45) is 5.92 Å². The van der Waals surface area contributed by atoms with Gasteiger partial charge in [0.25, 0.3) is 0 Å². The molecule has 0 unspecified atom stereocenters. The van der Waals surface area contributed by atoms with E-state index in [2.05, 4.69) is 5.32 Å². The van der Waals surface area contributed by atoms with E-state index in [9.17, 15) is 9.59 Å². The van der Waals surface area contributed by atoms with Gasteiger partial charge in [-0.15, -0.1) is 0 Å². The molecule has 26 heavy (non-hydrogen) atoms. The van der Waals surface area contributed by atoms with Crippen LogP contribution in [0.1, 0.15) is 32.3 Å². The van der Waals surface area contributed by atoms with Gasteiger partial charge in [-0.25, -0.2) is 4.79 Å². The lowest BCUT2D eigenvalue weighted by molar-refractivity contribution is -0.135. The van der Waals surface area contributed by atoms with Crippen molar-refractivity contribution in [2.45, 2.75) is 39.7 Å². The molecule has 1 aromatic carbocycles. The van der Waals surface area contributed by atoms with Gasteiger partial charge in [0, 0.05) is 32.1 Å². The molecule has 1 N–H and O–H groups in total. The summed E-state index contributed by atoms with van der Waals surface area (Å²) in [5.41, 5.74) is 1.09. The summed E-state index contributed by atoms with van der Waals surface area (Å²) < 4.78 is 5.74. The van der Waals surface area contributed by atoms with Gasteiger partial charge in [0.1, 0.15) is 12.4 Å². The zero-order chi connectivity index (χ0) is 19.1. The molecule has 1 aliphatic heterocycles. The fraction of sp³-hybridized carbons (Fsp3) is 0.600. The Hall–Kier alpha value is -2.24. The van der Waals surface area contributed by atoms with Crippen LogP contribution in [0.15, 0.2) is 24.3 Å². The number of likely N-dealkylation sites (tertiary alicyclic amines) is 1. The smallest absolute Gasteiger partial charge is 0.317 e. The number of ether oxygens (including phenoxy) is 1. The second-order valence-corrected chi connectivity index (χ2v) is 7.24. The van der Waals surface area contributed by atoms with Crippen molar-refractivity contribution in [3.05, 3.63) is 29.8 Å². The maximum atomic E-state index is 12.3. The minimum atomic E-state index is -0.0907. The number of amides is 3. The number of benzene rings is 1. The molecule has 1 aliphatic rings. The van der Waals surface area contributed by atoms with Crippen LogP contribution in [0.5, 0.6) is 5.75 Å². The summed E-state index contributed by atoms with van der Waals surface area (Å²) >= 11 is 0. The summed E-state index contributed by atoms with van der Waals surface area (Å²) in [5.74, 6) is 1.07. The molecule has 0 aromatic heterocycles. The van der Waals surface area contributed by atoms with Crippen molar-refractivity contribution in [1.29, 1.82) is 0 Å². The third-order valence-corrected chi connectivity index (χ3v) is 4.75. The Balaban J connectivity index is 1.69. The number of rotatable bonds is 6. The summed E-state index contributed by atoms with van der Waals surface area (Å²) in [7, 11) is 1.77. The minimum absolute atomic E-state index is 0.0283. The Morgan fingerprint density at radius 2 is 1.92 bits per heavy atom. The molecule has 6 nitrogen and oxygen atoms in total. The molecule has 1 saturated heterocycles. The highest BCUT2D eigenvalue weighted by Crippen LogP contribution is 2.16. The van der Waals surface area contributed by atoms with E-state index < -0.39 is 0 Å². The van der Waals surface area contributed by atoms with Gasteiger partial charge in [0.2, 0.25) is 5.91 Å².